The first kappa shape index (κ1) is 18.0. The smallest absolute Gasteiger partial charge is 0.332 e. The van der Waals surface area contributed by atoms with Gasteiger partial charge in [0, 0.05) is 43.0 Å². The van der Waals surface area contributed by atoms with Crippen LogP contribution in [0, 0.1) is 0 Å². The summed E-state index contributed by atoms with van der Waals surface area (Å²) >= 11 is 0. The summed E-state index contributed by atoms with van der Waals surface area (Å²) in [7, 11) is 0. The van der Waals surface area contributed by atoms with Crippen LogP contribution in [-0.2, 0) is 19.3 Å². The van der Waals surface area contributed by atoms with Crippen LogP contribution >= 0.6 is 0 Å². The Morgan fingerprint density at radius 1 is 1.11 bits per heavy atom. The van der Waals surface area contributed by atoms with Crippen LogP contribution in [0.1, 0.15) is 21.8 Å². The molecule has 28 heavy (non-hydrogen) atoms. The van der Waals surface area contributed by atoms with Gasteiger partial charge in [0.15, 0.2) is 0 Å². The lowest BCUT2D eigenvalue weighted by atomic mass is 10.1. The second kappa shape index (κ2) is 6.63. The highest BCUT2D eigenvalue weighted by Gasteiger charge is 2.38. The standard InChI is InChI=1S/C18H13F3N4O3/c19-18(20,21)17-22-15(23-28-17)11-5-6-24(14(26)9-11)7-8-25-10-12-3-1-2-4-13(12)16(25)27/h1-6,9H,7-8,10H2. The van der Waals surface area contributed by atoms with Gasteiger partial charge in [0.05, 0.1) is 0 Å². The van der Waals surface area contributed by atoms with E-state index in [4.69, 9.17) is 0 Å². The van der Waals surface area contributed by atoms with E-state index in [2.05, 4.69) is 14.7 Å². The molecule has 0 saturated carbocycles. The van der Waals surface area contributed by atoms with Crippen LogP contribution in [0.3, 0.4) is 0 Å². The van der Waals surface area contributed by atoms with Gasteiger partial charge < -0.3 is 14.0 Å². The van der Waals surface area contributed by atoms with Crippen molar-refractivity contribution in [3.8, 4) is 11.4 Å². The van der Waals surface area contributed by atoms with Crippen LogP contribution in [0.4, 0.5) is 13.2 Å². The Bertz CT molecular complexity index is 1100. The lowest BCUT2D eigenvalue weighted by molar-refractivity contribution is -0.159. The Hall–Kier alpha value is -3.43. The molecule has 0 aliphatic carbocycles. The van der Waals surface area contributed by atoms with Crippen LogP contribution < -0.4 is 5.56 Å². The highest BCUT2D eigenvalue weighted by atomic mass is 19.4. The third-order valence-corrected chi connectivity index (χ3v) is 4.43. The summed E-state index contributed by atoms with van der Waals surface area (Å²) in [6.45, 7) is 1.05. The molecule has 0 bridgehead atoms. The van der Waals surface area contributed by atoms with Crippen molar-refractivity contribution in [3.05, 3.63) is 70.0 Å². The third-order valence-electron chi connectivity index (χ3n) is 4.43. The second-order valence-electron chi connectivity index (χ2n) is 6.25. The predicted molar refractivity (Wildman–Crippen MR) is 90.2 cm³/mol. The largest absolute Gasteiger partial charge is 0.471 e. The number of benzene rings is 1. The fourth-order valence-electron chi connectivity index (χ4n) is 3.01. The van der Waals surface area contributed by atoms with Gasteiger partial charge in [-0.2, -0.15) is 18.2 Å². The second-order valence-corrected chi connectivity index (χ2v) is 6.25. The van der Waals surface area contributed by atoms with Gasteiger partial charge >= 0.3 is 12.1 Å². The van der Waals surface area contributed by atoms with E-state index in [1.807, 2.05) is 12.1 Å². The molecule has 10 heteroatoms. The molecule has 0 unspecified atom stereocenters. The Kier molecular flexibility index (Phi) is 4.25. The van der Waals surface area contributed by atoms with Gasteiger partial charge in [-0.3, -0.25) is 9.59 Å². The molecule has 0 atom stereocenters. The van der Waals surface area contributed by atoms with Crippen LogP contribution in [-0.4, -0.2) is 32.1 Å². The number of hydrogen-bond donors (Lipinski definition) is 0. The minimum atomic E-state index is -4.75. The number of aromatic nitrogens is 3. The van der Waals surface area contributed by atoms with E-state index in [0.29, 0.717) is 18.7 Å². The molecule has 1 aromatic carbocycles. The molecular formula is C18H13F3N4O3. The fraction of sp³-hybridized carbons (Fsp3) is 0.222. The SMILES string of the molecule is O=C1c2ccccc2CN1CCn1ccc(-c2noc(C(F)(F)F)n2)cc1=O. The summed E-state index contributed by atoms with van der Waals surface area (Å²) < 4.78 is 43.2. The van der Waals surface area contributed by atoms with Crippen molar-refractivity contribution in [2.24, 2.45) is 0 Å². The molecular weight excluding hydrogens is 377 g/mol. The van der Waals surface area contributed by atoms with Crippen LogP contribution in [0.2, 0.25) is 0 Å². The number of rotatable bonds is 4. The van der Waals surface area contributed by atoms with Gasteiger partial charge in [-0.15, -0.1) is 0 Å². The van der Waals surface area contributed by atoms with E-state index in [1.165, 1.54) is 16.8 Å². The van der Waals surface area contributed by atoms with Crippen molar-refractivity contribution in [2.75, 3.05) is 6.54 Å². The summed E-state index contributed by atoms with van der Waals surface area (Å²) in [5.74, 6) is -1.88. The molecule has 1 aliphatic rings. The summed E-state index contributed by atoms with van der Waals surface area (Å²) in [4.78, 5) is 29.5. The van der Waals surface area contributed by atoms with Gasteiger partial charge in [0.25, 0.3) is 11.5 Å². The predicted octanol–water partition coefficient (Wildman–Crippen LogP) is 2.57. The van der Waals surface area contributed by atoms with Gasteiger partial charge in [-0.1, -0.05) is 23.4 Å². The first-order valence-electron chi connectivity index (χ1n) is 8.32. The zero-order valence-electron chi connectivity index (χ0n) is 14.3. The number of pyridine rings is 1. The van der Waals surface area contributed by atoms with Crippen molar-refractivity contribution in [3.63, 3.8) is 0 Å². The number of fused-ring (bicyclic) bond motifs is 1. The van der Waals surface area contributed by atoms with Crippen LogP contribution in [0.15, 0.2) is 51.9 Å². The van der Waals surface area contributed by atoms with Crippen LogP contribution in [0.5, 0.6) is 0 Å². The highest BCUT2D eigenvalue weighted by Crippen LogP contribution is 2.29. The number of alkyl halides is 3. The van der Waals surface area contributed by atoms with Crippen molar-refractivity contribution < 1.29 is 22.5 Å². The highest BCUT2D eigenvalue weighted by molar-refractivity contribution is 5.98. The van der Waals surface area contributed by atoms with E-state index in [9.17, 15) is 22.8 Å². The molecule has 4 rings (SSSR count). The van der Waals surface area contributed by atoms with Crippen molar-refractivity contribution in [2.45, 2.75) is 19.3 Å². The van der Waals surface area contributed by atoms with Crippen molar-refractivity contribution in [1.29, 1.82) is 0 Å². The van der Waals surface area contributed by atoms with E-state index >= 15 is 0 Å². The zero-order valence-corrected chi connectivity index (χ0v) is 14.3. The molecule has 0 fully saturated rings. The zero-order chi connectivity index (χ0) is 19.9. The number of halogens is 3. The molecule has 3 aromatic rings. The van der Waals surface area contributed by atoms with Gasteiger partial charge in [0.1, 0.15) is 0 Å². The first-order chi connectivity index (χ1) is 13.3. The lowest BCUT2D eigenvalue weighted by Gasteiger charge is -2.16. The van der Waals surface area contributed by atoms with E-state index in [0.717, 1.165) is 11.6 Å². The number of amides is 1. The van der Waals surface area contributed by atoms with Gasteiger partial charge in [-0.25, -0.2) is 0 Å². The number of carbonyl (C=O) groups is 1. The number of hydrogen-bond acceptors (Lipinski definition) is 5. The molecule has 0 radical (unpaired) electrons. The quantitative estimate of drug-likeness (QED) is 0.684. The summed E-state index contributed by atoms with van der Waals surface area (Å²) in [5.41, 5.74) is 1.26. The topological polar surface area (TPSA) is 81.2 Å². The van der Waals surface area contributed by atoms with Gasteiger partial charge in [-0.05, 0) is 17.7 Å². The maximum Gasteiger partial charge on any atom is 0.471 e. The minimum Gasteiger partial charge on any atom is -0.332 e. The monoisotopic (exact) mass is 390 g/mol. The Labute approximate surface area is 156 Å². The fourth-order valence-corrected chi connectivity index (χ4v) is 3.01. The van der Waals surface area contributed by atoms with Crippen LogP contribution in [0.25, 0.3) is 11.4 Å². The Morgan fingerprint density at radius 2 is 1.89 bits per heavy atom. The van der Waals surface area contributed by atoms with Crippen molar-refractivity contribution >= 4 is 5.91 Å². The summed E-state index contributed by atoms with van der Waals surface area (Å²) in [6.07, 6.45) is -3.32. The minimum absolute atomic E-state index is 0.0910. The third kappa shape index (κ3) is 3.28. The molecule has 0 spiro atoms. The molecule has 144 valence electrons. The summed E-state index contributed by atoms with van der Waals surface area (Å²) in [5, 5.41) is 3.26. The maximum absolute atomic E-state index is 12.5. The van der Waals surface area contributed by atoms with E-state index in [-0.39, 0.29) is 23.8 Å². The Morgan fingerprint density at radius 3 is 2.57 bits per heavy atom. The van der Waals surface area contributed by atoms with Gasteiger partial charge in [0.2, 0.25) is 5.82 Å². The average Bonchev–Trinajstić information content (AvgIpc) is 3.27. The number of nitrogens with zero attached hydrogens (tertiary/aromatic N) is 4. The maximum atomic E-state index is 12.5. The van der Waals surface area contributed by atoms with E-state index in [1.54, 1.807) is 17.0 Å². The number of carbonyl (C=O) groups excluding carboxylic acids is 1. The molecule has 2 aromatic heterocycles. The normalized spacial score (nSPS) is 13.8. The molecule has 0 saturated heterocycles. The Balaban J connectivity index is 1.47. The van der Waals surface area contributed by atoms with E-state index < -0.39 is 17.6 Å². The first-order valence-corrected chi connectivity index (χ1v) is 8.32. The summed E-state index contributed by atoms with van der Waals surface area (Å²) in [6, 6.07) is 9.86. The van der Waals surface area contributed by atoms with Crippen molar-refractivity contribution in [1.82, 2.24) is 19.6 Å². The lowest BCUT2D eigenvalue weighted by Crippen LogP contribution is -2.31. The molecule has 0 N–H and O–H groups in total. The molecule has 1 aliphatic heterocycles. The molecule has 7 nitrogen and oxygen atoms in total. The molecule has 3 heterocycles. The average molecular weight is 390 g/mol. The molecule has 1 amide bonds.